The van der Waals surface area contributed by atoms with E-state index < -0.39 is 11.6 Å². The molecule has 1 amide bonds. The molecular weight excluding hydrogens is 306 g/mol. The van der Waals surface area contributed by atoms with E-state index in [-0.39, 0.29) is 5.91 Å². The maximum Gasteiger partial charge on any atom is 0.339 e. The van der Waals surface area contributed by atoms with Crippen molar-refractivity contribution in [1.29, 1.82) is 0 Å². The van der Waals surface area contributed by atoms with Gasteiger partial charge in [0.15, 0.2) is 5.60 Å². The minimum atomic E-state index is -1.23. The lowest BCUT2D eigenvalue weighted by Gasteiger charge is -2.33. The highest BCUT2D eigenvalue weighted by molar-refractivity contribution is 6.02. The molecule has 2 aromatic rings. The van der Waals surface area contributed by atoms with Crippen LogP contribution in [0.25, 0.3) is 0 Å². The number of benzene rings is 2. The molecule has 1 heterocycles. The van der Waals surface area contributed by atoms with Gasteiger partial charge in [-0.25, -0.2) is 4.79 Å². The number of carbonyl (C=O) groups is 2. The average molecular weight is 325 g/mol. The molecule has 1 aliphatic heterocycles. The predicted octanol–water partition coefficient (Wildman–Crippen LogP) is 3.20. The van der Waals surface area contributed by atoms with Crippen LogP contribution in [-0.2, 0) is 16.0 Å². The highest BCUT2D eigenvalue weighted by Gasteiger charge is 2.42. The topological polar surface area (TPSA) is 64.6 Å². The molecule has 0 saturated carbocycles. The van der Waals surface area contributed by atoms with Gasteiger partial charge in [0, 0.05) is 12.1 Å². The third-order valence-electron chi connectivity index (χ3n) is 3.99. The van der Waals surface area contributed by atoms with E-state index >= 15 is 0 Å². The number of cyclic esters (lactones) is 1. The van der Waals surface area contributed by atoms with E-state index in [2.05, 4.69) is 5.32 Å². The molecule has 0 bridgehead atoms. The van der Waals surface area contributed by atoms with Gasteiger partial charge < -0.3 is 14.8 Å². The first kappa shape index (κ1) is 16.1. The molecule has 5 nitrogen and oxygen atoms in total. The molecule has 24 heavy (non-hydrogen) atoms. The van der Waals surface area contributed by atoms with Crippen LogP contribution in [0.5, 0.6) is 5.75 Å². The average Bonchev–Trinajstić information content (AvgIpc) is 2.57. The Hall–Kier alpha value is -2.82. The van der Waals surface area contributed by atoms with Gasteiger partial charge in [0.2, 0.25) is 0 Å². The lowest BCUT2D eigenvalue weighted by atomic mass is 9.89. The maximum atomic E-state index is 12.6. The number of rotatable bonds is 4. The third kappa shape index (κ3) is 3.11. The summed E-state index contributed by atoms with van der Waals surface area (Å²) < 4.78 is 10.8. The summed E-state index contributed by atoms with van der Waals surface area (Å²) in [7, 11) is 0. The van der Waals surface area contributed by atoms with Gasteiger partial charge in [-0.05, 0) is 49.7 Å². The summed E-state index contributed by atoms with van der Waals surface area (Å²) in [5.41, 5.74) is 0.728. The maximum absolute atomic E-state index is 12.6. The van der Waals surface area contributed by atoms with Crippen molar-refractivity contribution in [2.45, 2.75) is 25.9 Å². The smallest absolute Gasteiger partial charge is 0.339 e. The summed E-state index contributed by atoms with van der Waals surface area (Å²) in [4.78, 5) is 24.8. The fraction of sp³-hybridized carbons (Fsp3) is 0.263. The van der Waals surface area contributed by atoms with Gasteiger partial charge >= 0.3 is 5.97 Å². The second-order valence-corrected chi connectivity index (χ2v) is 5.87. The Bertz CT molecular complexity index is 769. The van der Waals surface area contributed by atoms with Crippen molar-refractivity contribution in [2.24, 2.45) is 0 Å². The van der Waals surface area contributed by atoms with Crippen LogP contribution in [0.3, 0.4) is 0 Å². The zero-order valence-electron chi connectivity index (χ0n) is 13.7. The predicted molar refractivity (Wildman–Crippen MR) is 90.2 cm³/mol. The number of amides is 1. The standard InChI is InChI=1S/C19H19NO4/c1-3-23-15-10-8-14(9-11-15)20-18(22)19(2)12-13-6-4-5-7-16(13)17(21)24-19/h4-11H,3,12H2,1-2H3,(H,20,22)/t19-/m0/s1. The molecule has 0 aromatic heterocycles. The van der Waals surface area contributed by atoms with Crippen LogP contribution < -0.4 is 10.1 Å². The Kier molecular flexibility index (Phi) is 4.25. The van der Waals surface area contributed by atoms with Crippen LogP contribution in [0.4, 0.5) is 5.69 Å². The molecule has 0 radical (unpaired) electrons. The number of hydrogen-bond acceptors (Lipinski definition) is 4. The SMILES string of the molecule is CCOc1ccc(NC(=O)[C@]2(C)Cc3ccccc3C(=O)O2)cc1. The van der Waals surface area contributed by atoms with E-state index in [1.807, 2.05) is 19.1 Å². The summed E-state index contributed by atoms with van der Waals surface area (Å²) >= 11 is 0. The van der Waals surface area contributed by atoms with E-state index in [1.165, 1.54) is 0 Å². The van der Waals surface area contributed by atoms with Crippen LogP contribution in [0, 0.1) is 0 Å². The molecule has 1 aliphatic rings. The first-order valence-corrected chi connectivity index (χ1v) is 7.87. The quantitative estimate of drug-likeness (QED) is 0.877. The van der Waals surface area contributed by atoms with E-state index in [0.29, 0.717) is 24.3 Å². The van der Waals surface area contributed by atoms with Crippen molar-refractivity contribution in [2.75, 3.05) is 11.9 Å². The molecule has 0 aliphatic carbocycles. The minimum Gasteiger partial charge on any atom is -0.494 e. The fourth-order valence-corrected chi connectivity index (χ4v) is 2.72. The number of fused-ring (bicyclic) bond motifs is 1. The van der Waals surface area contributed by atoms with Crippen molar-refractivity contribution in [1.82, 2.24) is 0 Å². The molecule has 1 atom stereocenters. The molecule has 5 heteroatoms. The van der Waals surface area contributed by atoms with Gasteiger partial charge in [-0.2, -0.15) is 0 Å². The molecule has 0 fully saturated rings. The lowest BCUT2D eigenvalue weighted by molar-refractivity contribution is -0.134. The Balaban J connectivity index is 1.76. The molecule has 3 rings (SSSR count). The Morgan fingerprint density at radius 1 is 1.21 bits per heavy atom. The van der Waals surface area contributed by atoms with Crippen LogP contribution in [0.15, 0.2) is 48.5 Å². The zero-order valence-corrected chi connectivity index (χ0v) is 13.7. The number of nitrogens with one attached hydrogen (secondary N) is 1. The fourth-order valence-electron chi connectivity index (χ4n) is 2.72. The van der Waals surface area contributed by atoms with Crippen LogP contribution in [0.1, 0.15) is 29.8 Å². The molecule has 2 aromatic carbocycles. The van der Waals surface area contributed by atoms with Gasteiger partial charge in [-0.15, -0.1) is 0 Å². The van der Waals surface area contributed by atoms with E-state index in [9.17, 15) is 9.59 Å². The largest absolute Gasteiger partial charge is 0.494 e. The van der Waals surface area contributed by atoms with Crippen molar-refractivity contribution in [3.8, 4) is 5.75 Å². The molecule has 0 spiro atoms. The molecule has 124 valence electrons. The van der Waals surface area contributed by atoms with Crippen LogP contribution in [-0.4, -0.2) is 24.1 Å². The number of hydrogen-bond donors (Lipinski definition) is 1. The normalized spacial score (nSPS) is 19.2. The van der Waals surface area contributed by atoms with Gasteiger partial charge in [0.25, 0.3) is 5.91 Å². The molecule has 0 saturated heterocycles. The number of ether oxygens (including phenoxy) is 2. The summed E-state index contributed by atoms with van der Waals surface area (Å²) in [5, 5.41) is 2.80. The third-order valence-corrected chi connectivity index (χ3v) is 3.99. The van der Waals surface area contributed by atoms with Crippen molar-refractivity contribution >= 4 is 17.6 Å². The minimum absolute atomic E-state index is 0.345. The summed E-state index contributed by atoms with van der Waals surface area (Å²) in [6.07, 6.45) is 0.345. The Morgan fingerprint density at radius 3 is 2.62 bits per heavy atom. The number of carbonyl (C=O) groups excluding carboxylic acids is 2. The second-order valence-electron chi connectivity index (χ2n) is 5.87. The molecular formula is C19H19NO4. The Labute approximate surface area is 140 Å². The monoisotopic (exact) mass is 325 g/mol. The highest BCUT2D eigenvalue weighted by atomic mass is 16.6. The summed E-state index contributed by atoms with van der Waals surface area (Å²) in [5.74, 6) is -0.0876. The first-order valence-electron chi connectivity index (χ1n) is 7.87. The van der Waals surface area contributed by atoms with E-state index in [0.717, 1.165) is 11.3 Å². The van der Waals surface area contributed by atoms with Crippen molar-refractivity contribution in [3.63, 3.8) is 0 Å². The van der Waals surface area contributed by atoms with E-state index in [4.69, 9.17) is 9.47 Å². The van der Waals surface area contributed by atoms with Crippen LogP contribution in [0.2, 0.25) is 0 Å². The van der Waals surface area contributed by atoms with Gasteiger partial charge in [-0.1, -0.05) is 18.2 Å². The second kappa shape index (κ2) is 6.35. The highest BCUT2D eigenvalue weighted by Crippen LogP contribution is 2.29. The van der Waals surface area contributed by atoms with E-state index in [1.54, 1.807) is 43.3 Å². The van der Waals surface area contributed by atoms with Gasteiger partial charge in [0.05, 0.1) is 12.2 Å². The van der Waals surface area contributed by atoms with Crippen molar-refractivity contribution < 1.29 is 19.1 Å². The van der Waals surface area contributed by atoms with Gasteiger partial charge in [0.1, 0.15) is 5.75 Å². The molecule has 1 N–H and O–H groups in total. The molecule has 0 unspecified atom stereocenters. The zero-order chi connectivity index (χ0) is 17.2. The van der Waals surface area contributed by atoms with Crippen molar-refractivity contribution in [3.05, 3.63) is 59.7 Å². The summed E-state index contributed by atoms with van der Waals surface area (Å²) in [6.45, 7) is 4.12. The number of esters is 1. The van der Waals surface area contributed by atoms with Gasteiger partial charge in [-0.3, -0.25) is 4.79 Å². The first-order chi connectivity index (χ1) is 11.5. The van der Waals surface area contributed by atoms with Crippen LogP contribution >= 0.6 is 0 Å². The number of anilines is 1. The Morgan fingerprint density at radius 2 is 1.92 bits per heavy atom. The summed E-state index contributed by atoms with van der Waals surface area (Å²) in [6, 6.07) is 14.3. The lowest BCUT2D eigenvalue weighted by Crippen LogP contribution is -2.48.